The van der Waals surface area contributed by atoms with Crippen LogP contribution >= 0.6 is 11.3 Å². The number of nitrogens with two attached hydrogens (primary N) is 1. The molecule has 0 aliphatic carbocycles. The molecule has 3 N–H and O–H groups in total. The number of primary amides is 1. The third kappa shape index (κ3) is 2.72. The standard InChI is InChI=1S/C20H17N3OS/c1-2-12-4-3-5-15-16(10-22-18(12)15)17-11-25-20(23-17)14-8-6-13(7-9-14)19(21)24/h3-11,22H,2H2,1H3,(H2,21,24). The van der Waals surface area contributed by atoms with Crippen LogP contribution in [0.4, 0.5) is 0 Å². The minimum atomic E-state index is -0.420. The Balaban J connectivity index is 1.73. The van der Waals surface area contributed by atoms with Crippen molar-refractivity contribution >= 4 is 28.1 Å². The molecule has 0 aliphatic heterocycles. The molecule has 5 heteroatoms. The number of nitrogens with zero attached hydrogens (tertiary/aromatic N) is 1. The molecule has 0 fully saturated rings. The number of hydrogen-bond donors (Lipinski definition) is 2. The Hall–Kier alpha value is -2.92. The number of thiazole rings is 1. The summed E-state index contributed by atoms with van der Waals surface area (Å²) in [6.07, 6.45) is 3.02. The molecule has 0 saturated carbocycles. The number of carbonyl (C=O) groups excluding carboxylic acids is 1. The third-order valence-corrected chi connectivity index (χ3v) is 5.27. The predicted octanol–water partition coefficient (Wildman–Crippen LogP) is 4.62. The average molecular weight is 347 g/mol. The lowest BCUT2D eigenvalue weighted by atomic mass is 10.1. The fraction of sp³-hybridized carbons (Fsp3) is 0.100. The number of rotatable bonds is 4. The highest BCUT2D eigenvalue weighted by molar-refractivity contribution is 7.13. The summed E-state index contributed by atoms with van der Waals surface area (Å²) >= 11 is 1.59. The van der Waals surface area contributed by atoms with E-state index in [0.29, 0.717) is 5.56 Å². The quantitative estimate of drug-likeness (QED) is 0.565. The van der Waals surface area contributed by atoms with Crippen LogP contribution in [0, 0.1) is 0 Å². The molecule has 0 saturated heterocycles. The Morgan fingerprint density at radius 2 is 2.00 bits per heavy atom. The number of para-hydroxylation sites is 1. The second-order valence-electron chi connectivity index (χ2n) is 5.88. The summed E-state index contributed by atoms with van der Waals surface area (Å²) in [7, 11) is 0. The number of aryl methyl sites for hydroxylation is 1. The van der Waals surface area contributed by atoms with Gasteiger partial charge in [-0.15, -0.1) is 11.3 Å². The molecule has 0 bridgehead atoms. The van der Waals surface area contributed by atoms with Crippen LogP contribution in [0.1, 0.15) is 22.8 Å². The van der Waals surface area contributed by atoms with E-state index in [1.807, 2.05) is 18.3 Å². The first kappa shape index (κ1) is 15.6. The van der Waals surface area contributed by atoms with E-state index in [9.17, 15) is 4.79 Å². The van der Waals surface area contributed by atoms with Crippen molar-refractivity contribution < 1.29 is 4.79 Å². The van der Waals surface area contributed by atoms with Crippen molar-refractivity contribution in [1.29, 1.82) is 0 Å². The molecule has 0 aliphatic rings. The molecule has 4 aromatic rings. The van der Waals surface area contributed by atoms with Gasteiger partial charge in [0.15, 0.2) is 0 Å². The summed E-state index contributed by atoms with van der Waals surface area (Å²) in [6, 6.07) is 13.6. The summed E-state index contributed by atoms with van der Waals surface area (Å²) in [6.45, 7) is 2.16. The van der Waals surface area contributed by atoms with Crippen molar-refractivity contribution in [3.05, 3.63) is 65.2 Å². The van der Waals surface area contributed by atoms with Crippen molar-refractivity contribution in [2.24, 2.45) is 5.73 Å². The number of hydrogen-bond acceptors (Lipinski definition) is 3. The Kier molecular flexibility index (Phi) is 3.86. The molecular weight excluding hydrogens is 330 g/mol. The van der Waals surface area contributed by atoms with Gasteiger partial charge in [-0.3, -0.25) is 4.79 Å². The first-order chi connectivity index (χ1) is 12.2. The van der Waals surface area contributed by atoms with Crippen LogP contribution < -0.4 is 5.73 Å². The summed E-state index contributed by atoms with van der Waals surface area (Å²) in [5, 5.41) is 4.19. The Labute approximate surface area is 149 Å². The molecule has 0 unspecified atom stereocenters. The fourth-order valence-corrected chi connectivity index (χ4v) is 3.86. The van der Waals surface area contributed by atoms with Crippen molar-refractivity contribution in [1.82, 2.24) is 9.97 Å². The van der Waals surface area contributed by atoms with E-state index in [1.165, 1.54) is 16.5 Å². The molecule has 25 heavy (non-hydrogen) atoms. The maximum Gasteiger partial charge on any atom is 0.248 e. The first-order valence-electron chi connectivity index (χ1n) is 8.12. The van der Waals surface area contributed by atoms with E-state index in [0.717, 1.165) is 28.2 Å². The average Bonchev–Trinajstić information content (AvgIpc) is 3.28. The zero-order valence-electron chi connectivity index (χ0n) is 13.7. The Morgan fingerprint density at radius 1 is 1.20 bits per heavy atom. The molecule has 0 atom stereocenters. The van der Waals surface area contributed by atoms with Gasteiger partial charge >= 0.3 is 0 Å². The highest BCUT2D eigenvalue weighted by Crippen LogP contribution is 2.34. The van der Waals surface area contributed by atoms with Crippen LogP contribution in [0.25, 0.3) is 32.7 Å². The van der Waals surface area contributed by atoms with E-state index in [-0.39, 0.29) is 0 Å². The number of H-pyrrole nitrogens is 1. The molecule has 1 amide bonds. The molecule has 124 valence electrons. The highest BCUT2D eigenvalue weighted by Gasteiger charge is 2.12. The molecule has 0 radical (unpaired) electrons. The van der Waals surface area contributed by atoms with Crippen LogP contribution in [0.5, 0.6) is 0 Å². The van der Waals surface area contributed by atoms with Crippen molar-refractivity contribution in [2.75, 3.05) is 0 Å². The second kappa shape index (κ2) is 6.18. The van der Waals surface area contributed by atoms with Gasteiger partial charge in [0.1, 0.15) is 5.01 Å². The smallest absolute Gasteiger partial charge is 0.248 e. The van der Waals surface area contributed by atoms with Gasteiger partial charge in [-0.25, -0.2) is 4.98 Å². The SMILES string of the molecule is CCc1cccc2c(-c3csc(-c4ccc(C(N)=O)cc4)n3)c[nH]c12. The van der Waals surface area contributed by atoms with Gasteiger partial charge in [-0.05, 0) is 24.1 Å². The molecule has 2 aromatic carbocycles. The first-order valence-corrected chi connectivity index (χ1v) is 9.00. The van der Waals surface area contributed by atoms with Crippen LogP contribution in [0.3, 0.4) is 0 Å². The normalized spacial score (nSPS) is 11.1. The van der Waals surface area contributed by atoms with Gasteiger partial charge in [0.05, 0.1) is 5.69 Å². The lowest BCUT2D eigenvalue weighted by Crippen LogP contribution is -2.10. The minimum Gasteiger partial charge on any atom is -0.366 e. The minimum absolute atomic E-state index is 0.420. The Morgan fingerprint density at radius 3 is 2.72 bits per heavy atom. The maximum atomic E-state index is 11.2. The van der Waals surface area contributed by atoms with Gasteiger partial charge in [0.25, 0.3) is 0 Å². The highest BCUT2D eigenvalue weighted by atomic mass is 32.1. The van der Waals surface area contributed by atoms with E-state index in [2.05, 4.69) is 35.5 Å². The predicted molar refractivity (Wildman–Crippen MR) is 103 cm³/mol. The van der Waals surface area contributed by atoms with Gasteiger partial charge in [0.2, 0.25) is 5.91 Å². The molecule has 4 rings (SSSR count). The zero-order valence-corrected chi connectivity index (χ0v) is 14.6. The number of nitrogens with one attached hydrogen (secondary N) is 1. The van der Waals surface area contributed by atoms with Crippen molar-refractivity contribution in [2.45, 2.75) is 13.3 Å². The van der Waals surface area contributed by atoms with Crippen molar-refractivity contribution in [3.63, 3.8) is 0 Å². The third-order valence-electron chi connectivity index (χ3n) is 4.38. The molecule has 0 spiro atoms. The summed E-state index contributed by atoms with van der Waals surface area (Å²) in [5.74, 6) is -0.420. The summed E-state index contributed by atoms with van der Waals surface area (Å²) in [4.78, 5) is 19.4. The summed E-state index contributed by atoms with van der Waals surface area (Å²) in [5.41, 5.74) is 11.3. The molecule has 4 nitrogen and oxygen atoms in total. The molecular formula is C20H17N3OS. The maximum absolute atomic E-state index is 11.2. The largest absolute Gasteiger partial charge is 0.366 e. The van der Waals surface area contributed by atoms with Crippen molar-refractivity contribution in [3.8, 4) is 21.8 Å². The number of aromatic amines is 1. The van der Waals surface area contributed by atoms with E-state index in [4.69, 9.17) is 10.7 Å². The van der Waals surface area contributed by atoms with Gasteiger partial charge in [0, 0.05) is 39.2 Å². The lowest BCUT2D eigenvalue weighted by molar-refractivity contribution is 0.100. The van der Waals surface area contributed by atoms with E-state index >= 15 is 0 Å². The monoisotopic (exact) mass is 347 g/mol. The van der Waals surface area contributed by atoms with Crippen LogP contribution in [0.2, 0.25) is 0 Å². The zero-order chi connectivity index (χ0) is 17.4. The summed E-state index contributed by atoms with van der Waals surface area (Å²) < 4.78 is 0. The lowest BCUT2D eigenvalue weighted by Gasteiger charge is -2.00. The van der Waals surface area contributed by atoms with Gasteiger partial charge in [-0.1, -0.05) is 37.3 Å². The number of aromatic nitrogens is 2. The topological polar surface area (TPSA) is 71.8 Å². The number of benzene rings is 2. The fourth-order valence-electron chi connectivity index (χ4n) is 3.03. The number of carbonyl (C=O) groups is 1. The number of fused-ring (bicyclic) bond motifs is 1. The van der Waals surface area contributed by atoms with Crippen LogP contribution in [-0.2, 0) is 6.42 Å². The van der Waals surface area contributed by atoms with Crippen LogP contribution in [-0.4, -0.2) is 15.9 Å². The Bertz CT molecular complexity index is 1060. The molecule has 2 heterocycles. The van der Waals surface area contributed by atoms with E-state index < -0.39 is 5.91 Å². The van der Waals surface area contributed by atoms with E-state index in [1.54, 1.807) is 23.5 Å². The second-order valence-corrected chi connectivity index (χ2v) is 6.73. The molecule has 2 aromatic heterocycles. The van der Waals surface area contributed by atoms with Crippen LogP contribution in [0.15, 0.2) is 54.0 Å². The number of amides is 1. The van der Waals surface area contributed by atoms with Gasteiger partial charge in [-0.2, -0.15) is 0 Å². The van der Waals surface area contributed by atoms with Gasteiger partial charge < -0.3 is 10.7 Å².